The molecule has 0 aliphatic carbocycles. The van der Waals surface area contributed by atoms with Crippen LogP contribution in [-0.2, 0) is 6.54 Å². The molecule has 0 atom stereocenters. The monoisotopic (exact) mass is 256 g/mol. The predicted molar refractivity (Wildman–Crippen MR) is 68.9 cm³/mol. The molecule has 96 valence electrons. The van der Waals surface area contributed by atoms with Crippen molar-refractivity contribution in [1.82, 2.24) is 0 Å². The number of nitrogens with one attached hydrogen (secondary N) is 1. The lowest BCUT2D eigenvalue weighted by atomic mass is 10.1. The van der Waals surface area contributed by atoms with Crippen molar-refractivity contribution in [3.8, 4) is 6.07 Å². The predicted octanol–water partition coefficient (Wildman–Crippen LogP) is 2.77. The van der Waals surface area contributed by atoms with Crippen molar-refractivity contribution in [2.24, 2.45) is 0 Å². The molecule has 5 nitrogen and oxygen atoms in total. The van der Waals surface area contributed by atoms with Crippen molar-refractivity contribution in [2.45, 2.75) is 13.5 Å². The van der Waals surface area contributed by atoms with Crippen molar-refractivity contribution in [1.29, 1.82) is 5.26 Å². The number of aromatic carboxylic acids is 1. The van der Waals surface area contributed by atoms with E-state index in [9.17, 15) is 4.79 Å². The number of hydrogen-bond acceptors (Lipinski definition) is 4. The summed E-state index contributed by atoms with van der Waals surface area (Å²) >= 11 is 0. The first-order valence-electron chi connectivity index (χ1n) is 5.67. The van der Waals surface area contributed by atoms with E-state index < -0.39 is 5.97 Å². The number of nitrogens with zero attached hydrogens (tertiary/aromatic N) is 1. The minimum absolute atomic E-state index is 0.257. The SMILES string of the molecule is Cc1cc(C(=O)O)ccc1NCc1ccc(C#N)o1. The first-order chi connectivity index (χ1) is 9.10. The number of furan rings is 1. The Morgan fingerprint density at radius 3 is 2.79 bits per heavy atom. The van der Waals surface area contributed by atoms with Crippen LogP contribution in [0.25, 0.3) is 0 Å². The maximum absolute atomic E-state index is 10.8. The summed E-state index contributed by atoms with van der Waals surface area (Å²) in [6.07, 6.45) is 0. The molecule has 0 spiro atoms. The van der Waals surface area contributed by atoms with Crippen molar-refractivity contribution >= 4 is 11.7 Å². The fourth-order valence-corrected chi connectivity index (χ4v) is 1.71. The second kappa shape index (κ2) is 5.27. The Bertz CT molecular complexity index is 653. The molecule has 0 saturated carbocycles. The number of carboxylic acid groups (broad SMARTS) is 1. The van der Waals surface area contributed by atoms with Crippen LogP contribution in [0.5, 0.6) is 0 Å². The highest BCUT2D eigenvalue weighted by Gasteiger charge is 2.06. The summed E-state index contributed by atoms with van der Waals surface area (Å²) < 4.78 is 5.24. The van der Waals surface area contributed by atoms with Crippen LogP contribution in [0, 0.1) is 18.3 Å². The van der Waals surface area contributed by atoms with Gasteiger partial charge in [0.15, 0.2) is 0 Å². The third-order valence-corrected chi connectivity index (χ3v) is 2.70. The summed E-state index contributed by atoms with van der Waals surface area (Å²) in [6.45, 7) is 2.27. The highest BCUT2D eigenvalue weighted by atomic mass is 16.4. The van der Waals surface area contributed by atoms with Gasteiger partial charge in [0.05, 0.1) is 12.1 Å². The number of aryl methyl sites for hydroxylation is 1. The Labute approximate surface area is 110 Å². The first-order valence-corrected chi connectivity index (χ1v) is 5.67. The highest BCUT2D eigenvalue weighted by Crippen LogP contribution is 2.18. The second-order valence-electron chi connectivity index (χ2n) is 4.07. The number of anilines is 1. The minimum atomic E-state index is -0.945. The van der Waals surface area contributed by atoms with Gasteiger partial charge in [0.2, 0.25) is 5.76 Å². The molecule has 5 heteroatoms. The normalized spacial score (nSPS) is 9.89. The number of rotatable bonds is 4. The van der Waals surface area contributed by atoms with Crippen LogP contribution < -0.4 is 5.32 Å². The van der Waals surface area contributed by atoms with E-state index >= 15 is 0 Å². The first kappa shape index (κ1) is 12.7. The van der Waals surface area contributed by atoms with E-state index in [0.717, 1.165) is 11.3 Å². The molecule has 0 aliphatic heterocycles. The molecule has 1 aromatic heterocycles. The maximum Gasteiger partial charge on any atom is 0.335 e. The van der Waals surface area contributed by atoms with Crippen LogP contribution in [0.15, 0.2) is 34.7 Å². The van der Waals surface area contributed by atoms with Gasteiger partial charge in [0, 0.05) is 5.69 Å². The lowest BCUT2D eigenvalue weighted by Crippen LogP contribution is -2.02. The van der Waals surface area contributed by atoms with Gasteiger partial charge in [0.25, 0.3) is 0 Å². The molecule has 19 heavy (non-hydrogen) atoms. The van der Waals surface area contributed by atoms with E-state index in [-0.39, 0.29) is 11.3 Å². The van der Waals surface area contributed by atoms with Crippen molar-refractivity contribution in [3.63, 3.8) is 0 Å². The lowest BCUT2D eigenvalue weighted by molar-refractivity contribution is 0.0697. The lowest BCUT2D eigenvalue weighted by Gasteiger charge is -2.08. The molecule has 0 aliphatic rings. The zero-order valence-electron chi connectivity index (χ0n) is 10.3. The van der Waals surface area contributed by atoms with E-state index in [1.54, 1.807) is 30.3 Å². The molecule has 0 fully saturated rings. The third kappa shape index (κ3) is 2.93. The van der Waals surface area contributed by atoms with Gasteiger partial charge in [-0.25, -0.2) is 4.79 Å². The van der Waals surface area contributed by atoms with E-state index in [1.165, 1.54) is 0 Å². The van der Waals surface area contributed by atoms with E-state index in [4.69, 9.17) is 14.8 Å². The second-order valence-corrected chi connectivity index (χ2v) is 4.07. The van der Waals surface area contributed by atoms with Crippen molar-refractivity contribution in [2.75, 3.05) is 5.32 Å². The van der Waals surface area contributed by atoms with Gasteiger partial charge >= 0.3 is 5.97 Å². The highest BCUT2D eigenvalue weighted by molar-refractivity contribution is 5.88. The number of carboxylic acids is 1. The molecule has 2 N–H and O–H groups in total. The van der Waals surface area contributed by atoms with Gasteiger partial charge in [0.1, 0.15) is 11.8 Å². The number of carbonyl (C=O) groups is 1. The van der Waals surface area contributed by atoms with Gasteiger partial charge in [-0.15, -0.1) is 0 Å². The fraction of sp³-hybridized carbons (Fsp3) is 0.143. The Hall–Kier alpha value is -2.74. The van der Waals surface area contributed by atoms with Crippen LogP contribution in [0.3, 0.4) is 0 Å². The fourth-order valence-electron chi connectivity index (χ4n) is 1.71. The Balaban J connectivity index is 2.07. The van der Waals surface area contributed by atoms with Crippen LogP contribution in [0.4, 0.5) is 5.69 Å². The Kier molecular flexibility index (Phi) is 3.53. The zero-order valence-corrected chi connectivity index (χ0v) is 10.3. The Morgan fingerprint density at radius 2 is 2.21 bits per heavy atom. The summed E-state index contributed by atoms with van der Waals surface area (Å²) in [4.78, 5) is 10.8. The van der Waals surface area contributed by atoms with Crippen LogP contribution in [-0.4, -0.2) is 11.1 Å². The van der Waals surface area contributed by atoms with Crippen molar-refractivity contribution in [3.05, 3.63) is 53.0 Å². The largest absolute Gasteiger partial charge is 0.478 e. The number of hydrogen-bond donors (Lipinski definition) is 2. The van der Waals surface area contributed by atoms with Crippen LogP contribution in [0.2, 0.25) is 0 Å². The molecule has 0 bridgehead atoms. The van der Waals surface area contributed by atoms with Gasteiger partial charge < -0.3 is 14.8 Å². The molecule has 1 aromatic carbocycles. The quantitative estimate of drug-likeness (QED) is 0.878. The summed E-state index contributed by atoms with van der Waals surface area (Å²) in [5, 5.41) is 20.7. The van der Waals surface area contributed by atoms with E-state index in [2.05, 4.69) is 5.32 Å². The molecule has 2 rings (SSSR count). The summed E-state index contributed by atoms with van der Waals surface area (Å²) in [6, 6.07) is 10.1. The number of benzene rings is 1. The van der Waals surface area contributed by atoms with Crippen LogP contribution in [0.1, 0.15) is 27.4 Å². The summed E-state index contributed by atoms with van der Waals surface area (Å²) in [7, 11) is 0. The summed E-state index contributed by atoms with van der Waals surface area (Å²) in [5.41, 5.74) is 1.93. The molecule has 0 saturated heterocycles. The van der Waals surface area contributed by atoms with Crippen molar-refractivity contribution < 1.29 is 14.3 Å². The van der Waals surface area contributed by atoms with Gasteiger partial charge in [-0.05, 0) is 42.8 Å². The van der Waals surface area contributed by atoms with E-state index in [1.807, 2.05) is 13.0 Å². The van der Waals surface area contributed by atoms with Crippen LogP contribution >= 0.6 is 0 Å². The smallest absolute Gasteiger partial charge is 0.335 e. The minimum Gasteiger partial charge on any atom is -0.478 e. The van der Waals surface area contributed by atoms with Gasteiger partial charge in [-0.1, -0.05) is 0 Å². The molecule has 2 aromatic rings. The molecular formula is C14H12N2O3. The maximum atomic E-state index is 10.8. The molecule has 0 amide bonds. The topological polar surface area (TPSA) is 86.3 Å². The van der Waals surface area contributed by atoms with Gasteiger partial charge in [-0.3, -0.25) is 0 Å². The molecule has 1 heterocycles. The molecule has 0 radical (unpaired) electrons. The van der Waals surface area contributed by atoms with Gasteiger partial charge in [-0.2, -0.15) is 5.26 Å². The third-order valence-electron chi connectivity index (χ3n) is 2.70. The van der Waals surface area contributed by atoms with E-state index in [0.29, 0.717) is 12.3 Å². The zero-order chi connectivity index (χ0) is 13.8. The average Bonchev–Trinajstić information content (AvgIpc) is 2.85. The molecule has 0 unspecified atom stereocenters. The standard InChI is InChI=1S/C14H12N2O3/c1-9-6-10(14(17)18)2-5-13(9)16-8-12-4-3-11(7-15)19-12/h2-6,16H,8H2,1H3,(H,17,18). The average molecular weight is 256 g/mol. The number of nitriles is 1. The Morgan fingerprint density at radius 1 is 1.42 bits per heavy atom. The summed E-state index contributed by atoms with van der Waals surface area (Å²) in [5.74, 6) is -0.0210. The molecular weight excluding hydrogens is 244 g/mol.